The topological polar surface area (TPSA) is 29.2 Å². The molecule has 0 bridgehead atoms. The standard InChI is InChI=1S/C12H14F3N3S.ClH/c1-18-7-16-11(17-8-18)19-6-9-3-2-4-10(5-9)12(13,14)15;/h2-5H,6-8H2,1H3,(H,16,17);1H. The number of benzene rings is 1. The van der Waals surface area contributed by atoms with Gasteiger partial charge in [-0.05, 0) is 30.4 Å². The number of halogens is 4. The minimum atomic E-state index is -4.28. The van der Waals surface area contributed by atoms with E-state index < -0.39 is 11.7 Å². The lowest BCUT2D eigenvalue weighted by Crippen LogP contribution is -3.00. The van der Waals surface area contributed by atoms with Gasteiger partial charge in [-0.15, -0.1) is 0 Å². The molecule has 2 N–H and O–H groups in total. The Labute approximate surface area is 126 Å². The van der Waals surface area contributed by atoms with Gasteiger partial charge in [0.15, 0.2) is 0 Å². The number of rotatable bonds is 2. The second kappa shape index (κ2) is 7.19. The highest BCUT2D eigenvalue weighted by Crippen LogP contribution is 2.30. The van der Waals surface area contributed by atoms with Crippen LogP contribution in [0.15, 0.2) is 24.3 Å². The van der Waals surface area contributed by atoms with Crippen LogP contribution in [0.1, 0.15) is 11.1 Å². The Hall–Kier alpha value is -0.920. The maximum atomic E-state index is 12.6. The Morgan fingerprint density at radius 1 is 1.40 bits per heavy atom. The first-order valence-corrected chi connectivity index (χ1v) is 6.76. The van der Waals surface area contributed by atoms with E-state index in [9.17, 15) is 13.2 Å². The van der Waals surface area contributed by atoms with E-state index in [0.717, 1.165) is 24.6 Å². The van der Waals surface area contributed by atoms with E-state index in [-0.39, 0.29) is 12.4 Å². The first kappa shape index (κ1) is 17.1. The lowest BCUT2D eigenvalue weighted by Gasteiger charge is -2.16. The molecule has 0 aromatic heterocycles. The van der Waals surface area contributed by atoms with Crippen LogP contribution in [-0.2, 0) is 11.9 Å². The van der Waals surface area contributed by atoms with Crippen LogP contribution in [0.2, 0.25) is 0 Å². The average Bonchev–Trinajstić information content (AvgIpc) is 2.37. The summed E-state index contributed by atoms with van der Waals surface area (Å²) in [6.07, 6.45) is -4.28. The molecule has 0 aliphatic carbocycles. The van der Waals surface area contributed by atoms with Crippen molar-refractivity contribution < 1.29 is 30.6 Å². The van der Waals surface area contributed by atoms with Crippen LogP contribution < -0.4 is 22.7 Å². The van der Waals surface area contributed by atoms with Crippen LogP contribution in [0.4, 0.5) is 13.2 Å². The van der Waals surface area contributed by atoms with Crippen molar-refractivity contribution in [3.8, 4) is 0 Å². The van der Waals surface area contributed by atoms with E-state index >= 15 is 0 Å². The average molecular weight is 326 g/mol. The molecular formula is C12H15ClF3N3S. The first-order chi connectivity index (χ1) is 8.95. The second-order valence-corrected chi connectivity index (χ2v) is 5.33. The maximum absolute atomic E-state index is 12.6. The molecule has 1 aliphatic rings. The molecule has 8 heteroatoms. The third-order valence-electron chi connectivity index (χ3n) is 2.66. The number of amidine groups is 1. The summed E-state index contributed by atoms with van der Waals surface area (Å²) < 4.78 is 37.7. The summed E-state index contributed by atoms with van der Waals surface area (Å²) in [6, 6.07) is 5.44. The van der Waals surface area contributed by atoms with Gasteiger partial charge in [0, 0.05) is 5.75 Å². The molecular weight excluding hydrogens is 311 g/mol. The van der Waals surface area contributed by atoms with Gasteiger partial charge in [0.05, 0.1) is 5.56 Å². The quantitative estimate of drug-likeness (QED) is 0.648. The van der Waals surface area contributed by atoms with Crippen molar-refractivity contribution in [1.82, 2.24) is 10.2 Å². The number of hydrogen-bond acceptors (Lipinski definition) is 3. The molecule has 1 aliphatic heterocycles. The fraction of sp³-hybridized carbons (Fsp3) is 0.417. The Bertz CT molecular complexity index is 479. The van der Waals surface area contributed by atoms with Gasteiger partial charge in [0.2, 0.25) is 0 Å². The number of nitrogens with one attached hydrogen (secondary N) is 2. The lowest BCUT2D eigenvalue weighted by molar-refractivity contribution is -0.488. The molecule has 0 amide bonds. The van der Waals surface area contributed by atoms with Crippen molar-refractivity contribution in [3.63, 3.8) is 0 Å². The van der Waals surface area contributed by atoms with Gasteiger partial charge in [0.1, 0.15) is 13.3 Å². The third kappa shape index (κ3) is 4.88. The Morgan fingerprint density at radius 2 is 2.15 bits per heavy atom. The van der Waals surface area contributed by atoms with Crippen LogP contribution in [0.5, 0.6) is 0 Å². The minimum absolute atomic E-state index is 0. The molecule has 3 nitrogen and oxygen atoms in total. The minimum Gasteiger partial charge on any atom is -1.00 e. The molecule has 0 saturated heterocycles. The summed E-state index contributed by atoms with van der Waals surface area (Å²) >= 11 is 1.47. The van der Waals surface area contributed by atoms with Gasteiger partial charge in [-0.3, -0.25) is 10.3 Å². The Morgan fingerprint density at radius 3 is 2.75 bits per heavy atom. The van der Waals surface area contributed by atoms with Crippen LogP contribution in [0.25, 0.3) is 0 Å². The van der Waals surface area contributed by atoms with Crippen molar-refractivity contribution in [2.75, 3.05) is 20.4 Å². The molecule has 20 heavy (non-hydrogen) atoms. The summed E-state index contributed by atoms with van der Waals surface area (Å²) in [5.74, 6) is 0.503. The van der Waals surface area contributed by atoms with E-state index in [1.807, 2.05) is 11.9 Å². The van der Waals surface area contributed by atoms with Gasteiger partial charge < -0.3 is 12.4 Å². The molecule has 0 spiro atoms. The predicted molar refractivity (Wildman–Crippen MR) is 69.3 cm³/mol. The van der Waals surface area contributed by atoms with E-state index in [1.165, 1.54) is 23.9 Å². The SMILES string of the molecule is CN1CNC(SCc2cccc(C(F)(F)F)c2)=[NH+]C1.[Cl-]. The molecule has 0 radical (unpaired) electrons. The van der Waals surface area contributed by atoms with E-state index in [4.69, 9.17) is 0 Å². The van der Waals surface area contributed by atoms with Crippen molar-refractivity contribution in [2.24, 2.45) is 0 Å². The van der Waals surface area contributed by atoms with Crippen LogP contribution in [0.3, 0.4) is 0 Å². The van der Waals surface area contributed by atoms with Gasteiger partial charge >= 0.3 is 11.3 Å². The van der Waals surface area contributed by atoms with E-state index in [1.54, 1.807) is 6.07 Å². The second-order valence-electron chi connectivity index (χ2n) is 4.34. The largest absolute Gasteiger partial charge is 1.00 e. The summed E-state index contributed by atoms with van der Waals surface area (Å²) in [7, 11) is 1.97. The molecule has 0 saturated carbocycles. The van der Waals surface area contributed by atoms with Gasteiger partial charge in [0.25, 0.3) is 0 Å². The summed E-state index contributed by atoms with van der Waals surface area (Å²) in [6.45, 7) is 1.47. The van der Waals surface area contributed by atoms with Crippen LogP contribution in [-0.4, -0.2) is 30.5 Å². The van der Waals surface area contributed by atoms with Crippen LogP contribution in [0, 0.1) is 0 Å². The predicted octanol–water partition coefficient (Wildman–Crippen LogP) is -2.17. The van der Waals surface area contributed by atoms with Gasteiger partial charge in [-0.25, -0.2) is 4.90 Å². The van der Waals surface area contributed by atoms with Crippen molar-refractivity contribution >= 4 is 16.9 Å². The Balaban J connectivity index is 0.00000200. The molecule has 0 atom stereocenters. The molecule has 112 valence electrons. The summed E-state index contributed by atoms with van der Waals surface area (Å²) in [5, 5.41) is 4.05. The van der Waals surface area contributed by atoms with E-state index in [2.05, 4.69) is 10.3 Å². The highest BCUT2D eigenvalue weighted by Gasteiger charge is 2.30. The molecule has 1 heterocycles. The molecule has 0 fully saturated rings. The maximum Gasteiger partial charge on any atom is 0.416 e. The molecule has 2 rings (SSSR count). The normalized spacial score (nSPS) is 16.1. The highest BCUT2D eigenvalue weighted by molar-refractivity contribution is 8.12. The monoisotopic (exact) mass is 325 g/mol. The zero-order valence-electron chi connectivity index (χ0n) is 10.8. The molecule has 0 unspecified atom stereocenters. The number of alkyl halides is 3. The molecule has 1 aromatic rings. The zero-order valence-corrected chi connectivity index (χ0v) is 12.4. The number of nitrogens with zero attached hydrogens (tertiary/aromatic N) is 1. The van der Waals surface area contributed by atoms with E-state index in [0.29, 0.717) is 11.3 Å². The van der Waals surface area contributed by atoms with Gasteiger partial charge in [-0.2, -0.15) is 13.2 Å². The summed E-state index contributed by atoms with van der Waals surface area (Å²) in [4.78, 5) is 5.21. The Kier molecular flexibility index (Phi) is 6.16. The highest BCUT2D eigenvalue weighted by atomic mass is 35.5. The van der Waals surface area contributed by atoms with Crippen molar-refractivity contribution in [3.05, 3.63) is 35.4 Å². The smallest absolute Gasteiger partial charge is 0.416 e. The van der Waals surface area contributed by atoms with Crippen LogP contribution >= 0.6 is 11.8 Å². The fourth-order valence-electron chi connectivity index (χ4n) is 1.63. The third-order valence-corrected chi connectivity index (χ3v) is 3.71. The van der Waals surface area contributed by atoms with Crippen molar-refractivity contribution in [1.29, 1.82) is 0 Å². The fourth-order valence-corrected chi connectivity index (χ4v) is 2.45. The van der Waals surface area contributed by atoms with Gasteiger partial charge in [-0.1, -0.05) is 18.2 Å². The lowest BCUT2D eigenvalue weighted by atomic mass is 10.1. The molecule has 1 aromatic carbocycles. The number of hydrogen-bond donors (Lipinski definition) is 2. The number of thioether (sulfide) groups is 1. The zero-order chi connectivity index (χ0) is 13.9. The first-order valence-electron chi connectivity index (χ1n) is 5.77. The summed E-state index contributed by atoms with van der Waals surface area (Å²) in [5.41, 5.74) is 0.0646. The van der Waals surface area contributed by atoms with Crippen molar-refractivity contribution in [2.45, 2.75) is 11.9 Å².